The van der Waals surface area contributed by atoms with Gasteiger partial charge in [0.1, 0.15) is 6.61 Å². The first-order chi connectivity index (χ1) is 29.6. The van der Waals surface area contributed by atoms with Crippen LogP contribution in [-0.2, 0) is 28.6 Å². The number of ether oxygens (including phenoxy) is 3. The SMILES string of the molecule is CC/C=C/C/C=C/C/C=C/CCCCCCCCCCCCC(=O)OCC(COCCC(C(=O)O)[N+](C)(C)C)OC(=O)CCCCCCCCC/C=C/CCCCCCCC. The van der Waals surface area contributed by atoms with E-state index in [0.717, 1.165) is 57.8 Å². The van der Waals surface area contributed by atoms with Gasteiger partial charge in [-0.05, 0) is 70.6 Å². The van der Waals surface area contributed by atoms with Gasteiger partial charge in [0.15, 0.2) is 12.1 Å². The topological polar surface area (TPSA) is 99.1 Å². The van der Waals surface area contributed by atoms with Gasteiger partial charge in [-0.25, -0.2) is 4.79 Å². The van der Waals surface area contributed by atoms with Crippen molar-refractivity contribution in [2.75, 3.05) is 41.0 Å². The molecule has 0 heterocycles. The summed E-state index contributed by atoms with van der Waals surface area (Å²) in [6.07, 6.45) is 53.0. The predicted molar refractivity (Wildman–Crippen MR) is 257 cm³/mol. The van der Waals surface area contributed by atoms with E-state index in [1.54, 1.807) is 0 Å². The summed E-state index contributed by atoms with van der Waals surface area (Å²) in [6.45, 7) is 4.63. The van der Waals surface area contributed by atoms with Crippen LogP contribution in [0.4, 0.5) is 0 Å². The van der Waals surface area contributed by atoms with Gasteiger partial charge in [0.05, 0.1) is 34.4 Å². The van der Waals surface area contributed by atoms with Crippen LogP contribution in [-0.4, -0.2) is 80.6 Å². The highest BCUT2D eigenvalue weighted by molar-refractivity contribution is 5.72. The minimum atomic E-state index is -0.875. The van der Waals surface area contributed by atoms with Gasteiger partial charge < -0.3 is 23.8 Å². The number of carbonyl (C=O) groups excluding carboxylic acids is 2. The van der Waals surface area contributed by atoms with Crippen LogP contribution >= 0.6 is 0 Å². The lowest BCUT2D eigenvalue weighted by molar-refractivity contribution is -0.887. The number of esters is 2. The first kappa shape index (κ1) is 58.3. The average molecular weight is 859 g/mol. The van der Waals surface area contributed by atoms with Crippen LogP contribution < -0.4 is 0 Å². The molecule has 2 unspecified atom stereocenters. The van der Waals surface area contributed by atoms with Crippen molar-refractivity contribution in [2.24, 2.45) is 0 Å². The van der Waals surface area contributed by atoms with Gasteiger partial charge in [0, 0.05) is 19.3 Å². The zero-order valence-electron chi connectivity index (χ0n) is 40.4. The molecule has 0 amide bonds. The van der Waals surface area contributed by atoms with Crippen molar-refractivity contribution >= 4 is 17.9 Å². The molecular weight excluding hydrogens is 763 g/mol. The van der Waals surface area contributed by atoms with Crippen molar-refractivity contribution in [3.63, 3.8) is 0 Å². The van der Waals surface area contributed by atoms with Crippen LogP contribution in [0.2, 0.25) is 0 Å². The van der Waals surface area contributed by atoms with Crippen molar-refractivity contribution in [2.45, 2.75) is 231 Å². The minimum absolute atomic E-state index is 0.0542. The molecule has 1 N–H and O–H groups in total. The molecule has 0 saturated heterocycles. The maximum absolute atomic E-state index is 12.8. The Labute approximate surface area is 376 Å². The van der Waals surface area contributed by atoms with Gasteiger partial charge in [0.2, 0.25) is 0 Å². The fraction of sp³-hybridized carbons (Fsp3) is 0.792. The smallest absolute Gasteiger partial charge is 0.362 e. The maximum Gasteiger partial charge on any atom is 0.362 e. The zero-order chi connectivity index (χ0) is 44.9. The van der Waals surface area contributed by atoms with Gasteiger partial charge >= 0.3 is 17.9 Å². The molecule has 0 aromatic heterocycles. The lowest BCUT2D eigenvalue weighted by Crippen LogP contribution is -2.50. The van der Waals surface area contributed by atoms with Gasteiger partial charge in [-0.3, -0.25) is 9.59 Å². The van der Waals surface area contributed by atoms with Gasteiger partial charge in [-0.15, -0.1) is 0 Å². The largest absolute Gasteiger partial charge is 0.477 e. The number of carboxylic acid groups (broad SMARTS) is 1. The van der Waals surface area contributed by atoms with E-state index >= 15 is 0 Å². The van der Waals surface area contributed by atoms with E-state index in [-0.39, 0.29) is 36.2 Å². The van der Waals surface area contributed by atoms with Crippen molar-refractivity contribution in [3.8, 4) is 0 Å². The average Bonchev–Trinajstić information content (AvgIpc) is 3.22. The minimum Gasteiger partial charge on any atom is -0.477 e. The first-order valence-corrected chi connectivity index (χ1v) is 25.2. The molecule has 0 aliphatic carbocycles. The molecule has 0 aromatic carbocycles. The molecule has 0 aliphatic rings. The highest BCUT2D eigenvalue weighted by Crippen LogP contribution is 2.15. The van der Waals surface area contributed by atoms with E-state index in [1.807, 2.05) is 21.1 Å². The van der Waals surface area contributed by atoms with Crippen LogP contribution in [0.3, 0.4) is 0 Å². The van der Waals surface area contributed by atoms with Crippen LogP contribution in [0.1, 0.15) is 219 Å². The maximum atomic E-state index is 12.8. The fourth-order valence-electron chi connectivity index (χ4n) is 7.34. The molecule has 0 spiro atoms. The van der Waals surface area contributed by atoms with Crippen LogP contribution in [0.15, 0.2) is 48.6 Å². The molecule has 2 atom stereocenters. The fourth-order valence-corrected chi connectivity index (χ4v) is 7.34. The third-order valence-corrected chi connectivity index (χ3v) is 11.2. The summed E-state index contributed by atoms with van der Waals surface area (Å²) < 4.78 is 17.3. The third-order valence-electron chi connectivity index (χ3n) is 11.2. The van der Waals surface area contributed by atoms with E-state index in [1.165, 1.54) is 128 Å². The second kappa shape index (κ2) is 43.9. The highest BCUT2D eigenvalue weighted by atomic mass is 16.6. The molecule has 0 aliphatic heterocycles. The number of aliphatic carboxylic acids is 1. The summed E-state index contributed by atoms with van der Waals surface area (Å²) in [4.78, 5) is 37.1. The molecule has 8 heteroatoms. The number of rotatable bonds is 45. The van der Waals surface area contributed by atoms with E-state index < -0.39 is 18.1 Å². The van der Waals surface area contributed by atoms with Crippen molar-refractivity contribution in [1.29, 1.82) is 0 Å². The van der Waals surface area contributed by atoms with E-state index in [0.29, 0.717) is 19.3 Å². The summed E-state index contributed by atoms with van der Waals surface area (Å²) in [6, 6.07) is -0.616. The zero-order valence-corrected chi connectivity index (χ0v) is 40.4. The number of quaternary nitrogens is 1. The van der Waals surface area contributed by atoms with Crippen molar-refractivity contribution < 1.29 is 38.2 Å². The predicted octanol–water partition coefficient (Wildman–Crippen LogP) is 14.4. The Morgan fingerprint density at radius 2 is 0.918 bits per heavy atom. The molecule has 0 aromatic rings. The Kier molecular flexibility index (Phi) is 42.0. The Hall–Kier alpha value is -2.71. The molecule has 0 saturated carbocycles. The lowest BCUT2D eigenvalue weighted by atomic mass is 10.1. The summed E-state index contributed by atoms with van der Waals surface area (Å²) in [5, 5.41) is 9.65. The van der Waals surface area contributed by atoms with Crippen molar-refractivity contribution in [3.05, 3.63) is 48.6 Å². The Balaban J connectivity index is 4.25. The summed E-state index contributed by atoms with van der Waals surface area (Å²) in [7, 11) is 5.53. The second-order valence-corrected chi connectivity index (χ2v) is 18.0. The Morgan fingerprint density at radius 3 is 1.38 bits per heavy atom. The normalized spacial score (nSPS) is 13.3. The number of hydrogen-bond acceptors (Lipinski definition) is 6. The Morgan fingerprint density at radius 1 is 0.508 bits per heavy atom. The standard InChI is InChI=1S/C53H95NO7/c1-6-8-10-12-14-16-18-20-22-24-25-26-28-29-31-33-35-37-39-41-43-51(55)60-48-49(47-59-46-45-50(53(57)58)54(3,4)5)61-52(56)44-42-40-38-36-34-32-30-27-23-21-19-17-15-13-11-9-7-2/h8,10,14,16,20-23,49-50H,6-7,9,11-13,15,17-19,24-48H2,1-5H3/p+1/b10-8+,16-14+,22-20+,23-21+. The second-order valence-electron chi connectivity index (χ2n) is 18.0. The number of carbonyl (C=O) groups is 3. The molecule has 61 heavy (non-hydrogen) atoms. The quantitative estimate of drug-likeness (QED) is 0.0282. The molecule has 0 fully saturated rings. The van der Waals surface area contributed by atoms with E-state index in [9.17, 15) is 19.5 Å². The first-order valence-electron chi connectivity index (χ1n) is 25.2. The number of nitrogens with zero attached hydrogens (tertiary/aromatic N) is 1. The third kappa shape index (κ3) is 42.4. The van der Waals surface area contributed by atoms with Crippen LogP contribution in [0.25, 0.3) is 0 Å². The molecule has 0 radical (unpaired) electrons. The number of unbranched alkanes of at least 4 members (excludes halogenated alkanes) is 23. The van der Waals surface area contributed by atoms with Crippen LogP contribution in [0, 0.1) is 0 Å². The molecule has 354 valence electrons. The van der Waals surface area contributed by atoms with Gasteiger partial charge in [-0.1, -0.05) is 178 Å². The lowest BCUT2D eigenvalue weighted by Gasteiger charge is -2.31. The van der Waals surface area contributed by atoms with Gasteiger partial charge in [-0.2, -0.15) is 0 Å². The van der Waals surface area contributed by atoms with Crippen molar-refractivity contribution in [1.82, 2.24) is 0 Å². The van der Waals surface area contributed by atoms with E-state index in [2.05, 4.69) is 62.5 Å². The number of allylic oxidation sites excluding steroid dienone is 8. The highest BCUT2D eigenvalue weighted by Gasteiger charge is 2.31. The number of hydrogen-bond donors (Lipinski definition) is 1. The number of carboxylic acids is 1. The Bertz CT molecular complexity index is 1140. The monoisotopic (exact) mass is 859 g/mol. The number of likely N-dealkylation sites (N-methyl/N-ethyl adjacent to an activating group) is 1. The van der Waals surface area contributed by atoms with Crippen LogP contribution in [0.5, 0.6) is 0 Å². The summed E-state index contributed by atoms with van der Waals surface area (Å²) in [5.41, 5.74) is 0. The molecule has 8 nitrogen and oxygen atoms in total. The molecule has 0 rings (SSSR count). The van der Waals surface area contributed by atoms with E-state index in [4.69, 9.17) is 14.2 Å². The summed E-state index contributed by atoms with van der Waals surface area (Å²) >= 11 is 0. The molecular formula is C53H96NO7+. The molecule has 0 bridgehead atoms. The summed E-state index contributed by atoms with van der Waals surface area (Å²) in [5.74, 6) is -1.47. The van der Waals surface area contributed by atoms with Gasteiger partial charge in [0.25, 0.3) is 0 Å².